The zero-order valence-electron chi connectivity index (χ0n) is 8.04. The van der Waals surface area contributed by atoms with Crippen molar-refractivity contribution in [1.29, 1.82) is 0 Å². The largest absolute Gasteiger partial charge is 0.301 e. The van der Waals surface area contributed by atoms with Crippen molar-refractivity contribution in [2.24, 2.45) is 0 Å². The van der Waals surface area contributed by atoms with E-state index < -0.39 is 0 Å². The molecule has 3 N–H and O–H groups in total. The van der Waals surface area contributed by atoms with Crippen molar-refractivity contribution >= 4 is 17.1 Å². The molecule has 0 spiro atoms. The van der Waals surface area contributed by atoms with E-state index in [-0.39, 0.29) is 0 Å². The van der Waals surface area contributed by atoms with Crippen molar-refractivity contribution in [1.82, 2.24) is 17.2 Å². The Morgan fingerprint density at radius 1 is 0.667 bits per heavy atom. The second kappa shape index (κ2) is 3.53. The number of nitrogens with one attached hydrogen (secondary N) is 3. The van der Waals surface area contributed by atoms with E-state index in [1.54, 1.807) is 42.5 Å². The predicted octanol–water partition coefficient (Wildman–Crippen LogP) is 3.10. The van der Waals surface area contributed by atoms with Crippen LogP contribution in [0.1, 0.15) is 0 Å². The van der Waals surface area contributed by atoms with Crippen LogP contribution < -0.4 is 17.2 Å². The molecule has 0 bridgehead atoms. The van der Waals surface area contributed by atoms with Crippen LogP contribution in [0.15, 0.2) is 42.5 Å². The van der Waals surface area contributed by atoms with Crippen molar-refractivity contribution in [3.05, 3.63) is 42.5 Å². The van der Waals surface area contributed by atoms with Gasteiger partial charge in [-0.05, 0) is 35.9 Å². The Morgan fingerprint density at radius 2 is 1.27 bits per heavy atom. The minimum Gasteiger partial charge on any atom is -0.301 e. The molecule has 0 heterocycles. The molecule has 2 rings (SSSR count). The second-order valence-electron chi connectivity index (χ2n) is 3.34. The van der Waals surface area contributed by atoms with Crippen LogP contribution in [0.3, 0.4) is 0 Å². The van der Waals surface area contributed by atoms with Gasteiger partial charge in [-0.1, -0.05) is 12.1 Å². The topological polar surface area (TPSA) is 71.4 Å². The molecule has 0 atom stereocenters. The molecule has 15 heavy (non-hydrogen) atoms. The molecular formula is C12H10N3. The highest BCUT2D eigenvalue weighted by Gasteiger charge is 2.03. The highest BCUT2D eigenvalue weighted by molar-refractivity contribution is 5.78. The van der Waals surface area contributed by atoms with Gasteiger partial charge in [0, 0.05) is 5.56 Å². The van der Waals surface area contributed by atoms with Crippen LogP contribution in [-0.4, -0.2) is 0 Å². The molecule has 0 saturated carbocycles. The summed E-state index contributed by atoms with van der Waals surface area (Å²) in [6, 6.07) is 11.9. The lowest BCUT2D eigenvalue weighted by Gasteiger charge is -2.05. The fourth-order valence-corrected chi connectivity index (χ4v) is 1.43. The smallest absolute Gasteiger partial charge is 0.0619 e. The molecular weight excluding hydrogens is 186 g/mol. The van der Waals surface area contributed by atoms with Crippen molar-refractivity contribution in [2.45, 2.75) is 0 Å². The summed E-state index contributed by atoms with van der Waals surface area (Å²) in [6.45, 7) is 0. The van der Waals surface area contributed by atoms with Gasteiger partial charge in [0.2, 0.25) is 0 Å². The van der Waals surface area contributed by atoms with E-state index in [9.17, 15) is 0 Å². The summed E-state index contributed by atoms with van der Waals surface area (Å²) in [5, 5.41) is 0. The molecule has 0 aliphatic heterocycles. The highest BCUT2D eigenvalue weighted by Crippen LogP contribution is 2.29. The third-order valence-corrected chi connectivity index (χ3v) is 2.22. The van der Waals surface area contributed by atoms with Crippen LogP contribution in [0.5, 0.6) is 0 Å². The van der Waals surface area contributed by atoms with Crippen molar-refractivity contribution < 1.29 is 0 Å². The molecule has 0 saturated heterocycles. The predicted molar refractivity (Wildman–Crippen MR) is 60.1 cm³/mol. The van der Waals surface area contributed by atoms with Gasteiger partial charge in [-0.15, -0.1) is 0 Å². The fourth-order valence-electron chi connectivity index (χ4n) is 1.43. The Labute approximate surface area is 88.5 Å². The summed E-state index contributed by atoms with van der Waals surface area (Å²) < 4.78 is 0. The lowest BCUT2D eigenvalue weighted by molar-refractivity contribution is 1.42. The SMILES string of the molecule is [NH]c1ccc(-c2cc([NH])ccc2[NH])cc1. The number of hydrogen-bond acceptors (Lipinski definition) is 0. The Kier molecular flexibility index (Phi) is 2.21. The van der Waals surface area contributed by atoms with Gasteiger partial charge < -0.3 is 17.2 Å². The molecule has 3 radical (unpaired) electrons. The summed E-state index contributed by atoms with van der Waals surface area (Å²) in [7, 11) is 0. The average Bonchev–Trinajstić information content (AvgIpc) is 2.23. The van der Waals surface area contributed by atoms with Crippen LogP contribution >= 0.6 is 0 Å². The van der Waals surface area contributed by atoms with Crippen LogP contribution in [0, 0.1) is 0 Å². The molecule has 2 aromatic carbocycles. The second-order valence-corrected chi connectivity index (χ2v) is 3.34. The Hall–Kier alpha value is -2.16. The molecule has 0 aliphatic rings. The van der Waals surface area contributed by atoms with Crippen molar-refractivity contribution in [3.63, 3.8) is 0 Å². The lowest BCUT2D eigenvalue weighted by Crippen LogP contribution is -1.82. The van der Waals surface area contributed by atoms with E-state index in [1.807, 2.05) is 0 Å². The van der Waals surface area contributed by atoms with Gasteiger partial charge in [0.25, 0.3) is 0 Å². The van der Waals surface area contributed by atoms with Gasteiger partial charge in [-0.3, -0.25) is 0 Å². The first kappa shape index (κ1) is 9.40. The van der Waals surface area contributed by atoms with Gasteiger partial charge in [0.15, 0.2) is 0 Å². The number of rotatable bonds is 1. The summed E-state index contributed by atoms with van der Waals surface area (Å²) >= 11 is 0. The zero-order valence-corrected chi connectivity index (χ0v) is 8.04. The minimum atomic E-state index is 0.399. The first-order chi connectivity index (χ1) is 7.16. The Balaban J connectivity index is 2.53. The van der Waals surface area contributed by atoms with Crippen LogP contribution in [0.2, 0.25) is 0 Å². The Morgan fingerprint density at radius 3 is 1.93 bits per heavy atom. The van der Waals surface area contributed by atoms with E-state index in [2.05, 4.69) is 0 Å². The zero-order chi connectivity index (χ0) is 10.8. The van der Waals surface area contributed by atoms with Crippen molar-refractivity contribution in [2.75, 3.05) is 0 Å². The third-order valence-electron chi connectivity index (χ3n) is 2.22. The molecule has 0 aliphatic carbocycles. The van der Waals surface area contributed by atoms with E-state index in [4.69, 9.17) is 17.2 Å². The van der Waals surface area contributed by atoms with Crippen LogP contribution in [0.4, 0.5) is 17.1 Å². The van der Waals surface area contributed by atoms with Crippen LogP contribution in [0.25, 0.3) is 11.1 Å². The van der Waals surface area contributed by atoms with E-state index >= 15 is 0 Å². The number of hydrogen-bond donors (Lipinski definition) is 0. The Bertz CT molecular complexity index is 475. The molecule has 73 valence electrons. The van der Waals surface area contributed by atoms with E-state index in [0.717, 1.165) is 11.1 Å². The van der Waals surface area contributed by atoms with E-state index in [1.165, 1.54) is 0 Å². The van der Waals surface area contributed by atoms with Gasteiger partial charge >= 0.3 is 0 Å². The monoisotopic (exact) mass is 196 g/mol. The van der Waals surface area contributed by atoms with Crippen LogP contribution in [-0.2, 0) is 0 Å². The maximum atomic E-state index is 7.73. The molecule has 0 unspecified atom stereocenters. The molecule has 0 amide bonds. The van der Waals surface area contributed by atoms with E-state index in [0.29, 0.717) is 17.1 Å². The summed E-state index contributed by atoms with van der Waals surface area (Å²) in [5.74, 6) is 0. The molecule has 0 fully saturated rings. The normalized spacial score (nSPS) is 10.1. The van der Waals surface area contributed by atoms with Gasteiger partial charge in [0.05, 0.1) is 17.1 Å². The van der Waals surface area contributed by atoms with Gasteiger partial charge in [-0.2, -0.15) is 0 Å². The summed E-state index contributed by atoms with van der Waals surface area (Å²) in [5.41, 5.74) is 25.5. The standard InChI is InChI=1S/C12H10N3/c13-9-3-1-8(2-4-9)11-7-10(14)5-6-12(11)15/h1-7,13-15H. The first-order valence-corrected chi connectivity index (χ1v) is 4.56. The van der Waals surface area contributed by atoms with Crippen molar-refractivity contribution in [3.8, 4) is 11.1 Å². The third kappa shape index (κ3) is 1.86. The molecule has 3 nitrogen and oxygen atoms in total. The average molecular weight is 196 g/mol. The summed E-state index contributed by atoms with van der Waals surface area (Å²) in [6.07, 6.45) is 0. The lowest BCUT2D eigenvalue weighted by atomic mass is 10.0. The molecule has 2 aromatic rings. The maximum absolute atomic E-state index is 7.73. The fraction of sp³-hybridized carbons (Fsp3) is 0. The van der Waals surface area contributed by atoms with Gasteiger partial charge in [-0.25, -0.2) is 0 Å². The molecule has 3 heteroatoms. The highest BCUT2D eigenvalue weighted by atomic mass is 14.6. The minimum absolute atomic E-state index is 0.399. The maximum Gasteiger partial charge on any atom is 0.0619 e. The quantitative estimate of drug-likeness (QED) is 0.672. The number of benzene rings is 2. The summed E-state index contributed by atoms with van der Waals surface area (Å²) in [4.78, 5) is 0. The first-order valence-electron chi connectivity index (χ1n) is 4.56. The van der Waals surface area contributed by atoms with Gasteiger partial charge in [0.1, 0.15) is 0 Å². The molecule has 0 aromatic heterocycles.